The van der Waals surface area contributed by atoms with Crippen LogP contribution in [0.15, 0.2) is 24.4 Å². The van der Waals surface area contributed by atoms with Crippen molar-refractivity contribution in [2.45, 2.75) is 83.7 Å². The van der Waals surface area contributed by atoms with Crippen molar-refractivity contribution in [2.24, 2.45) is 23.2 Å². The van der Waals surface area contributed by atoms with Crippen molar-refractivity contribution >= 4 is 34.3 Å². The average molecular weight is 541 g/mol. The van der Waals surface area contributed by atoms with Gasteiger partial charge in [-0.2, -0.15) is 0 Å². The van der Waals surface area contributed by atoms with Crippen LogP contribution < -0.4 is 5.32 Å². The second kappa shape index (κ2) is 10.7. The van der Waals surface area contributed by atoms with Crippen LogP contribution in [0.4, 0.5) is 5.13 Å². The number of amides is 1. The van der Waals surface area contributed by atoms with Gasteiger partial charge in [-0.05, 0) is 92.4 Å². The molecular weight excluding hydrogens is 504 g/mol. The Kier molecular flexibility index (Phi) is 7.49. The van der Waals surface area contributed by atoms with Crippen LogP contribution in [0.3, 0.4) is 0 Å². The van der Waals surface area contributed by atoms with Gasteiger partial charge in [0.15, 0.2) is 5.13 Å². The minimum Gasteiger partial charge on any atom is -0.508 e. The fourth-order valence-electron chi connectivity index (χ4n) is 7.62. The molecule has 204 valence electrons. The van der Waals surface area contributed by atoms with Gasteiger partial charge < -0.3 is 20.3 Å². The van der Waals surface area contributed by atoms with Crippen molar-refractivity contribution in [1.82, 2.24) is 4.98 Å². The highest BCUT2D eigenvalue weighted by molar-refractivity contribution is 7.15. The Morgan fingerprint density at radius 3 is 2.76 bits per heavy atom. The normalized spacial score (nSPS) is 29.6. The average Bonchev–Trinajstić information content (AvgIpc) is 3.40. The number of carboxylic acids is 1. The number of hydrogen-bond donors (Lipinski definition) is 3. The van der Waals surface area contributed by atoms with E-state index in [1.807, 2.05) is 13.0 Å². The van der Waals surface area contributed by atoms with E-state index in [1.54, 1.807) is 12.3 Å². The number of phenolic OH excluding ortho intramolecular Hbond substituents is 1. The van der Waals surface area contributed by atoms with Gasteiger partial charge in [0, 0.05) is 22.9 Å². The number of carboxylic acid groups (broad SMARTS) is 1. The number of carbonyl (C=O) groups is 3. The number of benzene rings is 1. The highest BCUT2D eigenvalue weighted by atomic mass is 32.1. The number of rotatable bonds is 8. The number of nitrogens with one attached hydrogen (secondary N) is 1. The summed E-state index contributed by atoms with van der Waals surface area (Å²) in [5, 5.41) is 22.5. The first-order chi connectivity index (χ1) is 18.1. The number of hydrogen-bond acceptors (Lipinski definition) is 7. The number of fused-ring (bicyclic) bond motifs is 5. The molecule has 2 aromatic rings. The number of nitrogens with zero attached hydrogens (tertiary/aromatic N) is 1. The summed E-state index contributed by atoms with van der Waals surface area (Å²) in [6.45, 7) is 4.18. The van der Waals surface area contributed by atoms with Crippen molar-refractivity contribution in [3.8, 4) is 5.75 Å². The first-order valence-electron chi connectivity index (χ1n) is 13.6. The SMILES string of the molecule is Cc1cnc(NC(=O)CC[C@@H]2C[C@H](OC(=O)CCC(=O)O)[C@@]3(C)CCC4c5ccc(O)cc5CCC4C23)s1. The summed E-state index contributed by atoms with van der Waals surface area (Å²) in [5.74, 6) is 0.0708. The molecule has 9 heteroatoms. The van der Waals surface area contributed by atoms with Crippen molar-refractivity contribution in [2.75, 3.05) is 5.32 Å². The molecule has 2 fully saturated rings. The number of ether oxygens (including phenoxy) is 1. The van der Waals surface area contributed by atoms with Crippen LogP contribution in [0.25, 0.3) is 0 Å². The molecule has 3 aliphatic carbocycles. The molecule has 1 aromatic heterocycles. The van der Waals surface area contributed by atoms with Crippen LogP contribution in [-0.2, 0) is 25.5 Å². The van der Waals surface area contributed by atoms with Gasteiger partial charge >= 0.3 is 11.9 Å². The molecule has 0 radical (unpaired) electrons. The maximum atomic E-state index is 12.8. The third kappa shape index (κ3) is 5.30. The molecule has 1 amide bonds. The molecule has 3 aliphatic rings. The summed E-state index contributed by atoms with van der Waals surface area (Å²) in [6, 6.07) is 5.74. The molecule has 0 bridgehead atoms. The van der Waals surface area contributed by atoms with Gasteiger partial charge in [-0.25, -0.2) is 4.98 Å². The number of phenols is 1. The predicted octanol–water partition coefficient (Wildman–Crippen LogP) is 5.43. The van der Waals surface area contributed by atoms with Gasteiger partial charge in [0.2, 0.25) is 5.91 Å². The zero-order valence-electron chi connectivity index (χ0n) is 21.9. The van der Waals surface area contributed by atoms with Crippen LogP contribution >= 0.6 is 11.3 Å². The molecular formula is C29H36N2O6S. The van der Waals surface area contributed by atoms with Crippen molar-refractivity contribution in [3.05, 3.63) is 40.4 Å². The van der Waals surface area contributed by atoms with Crippen molar-refractivity contribution < 1.29 is 29.3 Å². The number of aromatic nitrogens is 1. The quantitative estimate of drug-likeness (QED) is 0.381. The number of thiazole rings is 1. The summed E-state index contributed by atoms with van der Waals surface area (Å²) in [7, 11) is 0. The molecule has 8 nitrogen and oxygen atoms in total. The maximum absolute atomic E-state index is 12.8. The summed E-state index contributed by atoms with van der Waals surface area (Å²) < 4.78 is 5.99. The Morgan fingerprint density at radius 1 is 1.21 bits per heavy atom. The summed E-state index contributed by atoms with van der Waals surface area (Å²) >= 11 is 1.45. The molecule has 6 atom stereocenters. The lowest BCUT2D eigenvalue weighted by atomic mass is 9.53. The lowest BCUT2D eigenvalue weighted by Gasteiger charge is -2.51. The van der Waals surface area contributed by atoms with E-state index in [9.17, 15) is 19.5 Å². The van der Waals surface area contributed by atoms with E-state index >= 15 is 0 Å². The molecule has 3 N–H and O–H groups in total. The van der Waals surface area contributed by atoms with Crippen LogP contribution in [0, 0.1) is 30.1 Å². The van der Waals surface area contributed by atoms with Gasteiger partial charge in [0.1, 0.15) is 11.9 Å². The molecule has 3 unspecified atom stereocenters. The number of anilines is 1. The van der Waals surface area contributed by atoms with Crippen LogP contribution in [0.1, 0.15) is 80.2 Å². The van der Waals surface area contributed by atoms with E-state index in [-0.39, 0.29) is 42.1 Å². The standard InChI is InChI=1S/C29H36N2O6S/c1-16-15-30-28(38-16)31-24(33)8-4-18-14-23(37-26(36)10-9-25(34)35)29(2)12-11-21-20-7-5-19(32)13-17(20)3-6-22(21)27(18)29/h5,7,13,15,18,21-23,27,32H,3-4,6,8-12,14H2,1-2H3,(H,34,35)(H,30,31,33)/t18-,21?,22?,23+,27?,29-/m1/s1. The smallest absolute Gasteiger partial charge is 0.306 e. The van der Waals surface area contributed by atoms with E-state index in [1.165, 1.54) is 22.5 Å². The number of aliphatic carboxylic acids is 1. The van der Waals surface area contributed by atoms with Crippen LogP contribution in [-0.4, -0.2) is 39.1 Å². The first kappa shape index (κ1) is 26.7. The minimum absolute atomic E-state index is 0.0558. The third-order valence-corrected chi connectivity index (χ3v) is 10.0. The zero-order chi connectivity index (χ0) is 27.0. The van der Waals surface area contributed by atoms with Crippen LogP contribution in [0.5, 0.6) is 5.75 Å². The van der Waals surface area contributed by atoms with E-state index < -0.39 is 11.9 Å². The maximum Gasteiger partial charge on any atom is 0.306 e. The third-order valence-electron chi connectivity index (χ3n) is 9.19. The Morgan fingerprint density at radius 2 is 2.03 bits per heavy atom. The van der Waals surface area contributed by atoms with E-state index in [4.69, 9.17) is 9.84 Å². The van der Waals surface area contributed by atoms with Crippen LogP contribution in [0.2, 0.25) is 0 Å². The molecule has 0 saturated heterocycles. The Bertz CT molecular complexity index is 1230. The highest BCUT2D eigenvalue weighted by Gasteiger charge is 2.59. The molecule has 5 rings (SSSR count). The number of esters is 1. The molecule has 2 saturated carbocycles. The van der Waals surface area contributed by atoms with E-state index in [0.29, 0.717) is 42.0 Å². The predicted molar refractivity (Wildman–Crippen MR) is 143 cm³/mol. The van der Waals surface area contributed by atoms with Gasteiger partial charge in [0.05, 0.1) is 12.8 Å². The van der Waals surface area contributed by atoms with Gasteiger partial charge in [-0.15, -0.1) is 11.3 Å². The minimum atomic E-state index is -1.01. The fraction of sp³-hybridized carbons (Fsp3) is 0.586. The monoisotopic (exact) mass is 540 g/mol. The number of carbonyl (C=O) groups excluding carboxylic acids is 2. The lowest BCUT2D eigenvalue weighted by molar-refractivity contribution is -0.159. The number of aryl methyl sites for hydroxylation is 2. The Balaban J connectivity index is 1.36. The summed E-state index contributed by atoms with van der Waals surface area (Å²) in [4.78, 5) is 41.7. The van der Waals surface area contributed by atoms with Gasteiger partial charge in [-0.1, -0.05) is 13.0 Å². The summed E-state index contributed by atoms with van der Waals surface area (Å²) in [6.07, 6.45) is 6.64. The molecule has 1 aromatic carbocycles. The molecule has 0 aliphatic heterocycles. The fourth-order valence-corrected chi connectivity index (χ4v) is 8.30. The van der Waals surface area contributed by atoms with Crippen molar-refractivity contribution in [3.63, 3.8) is 0 Å². The van der Waals surface area contributed by atoms with Gasteiger partial charge in [-0.3, -0.25) is 14.4 Å². The second-order valence-electron chi connectivity index (χ2n) is 11.5. The van der Waals surface area contributed by atoms with Gasteiger partial charge in [0.25, 0.3) is 0 Å². The molecule has 38 heavy (non-hydrogen) atoms. The summed E-state index contributed by atoms with van der Waals surface area (Å²) in [5.41, 5.74) is 2.32. The lowest BCUT2D eigenvalue weighted by Crippen LogP contribution is -2.46. The highest BCUT2D eigenvalue weighted by Crippen LogP contribution is 2.64. The molecule has 1 heterocycles. The van der Waals surface area contributed by atoms with E-state index in [2.05, 4.69) is 23.3 Å². The molecule has 0 spiro atoms. The number of aromatic hydroxyl groups is 1. The second-order valence-corrected chi connectivity index (χ2v) is 12.7. The first-order valence-corrected chi connectivity index (χ1v) is 14.4. The van der Waals surface area contributed by atoms with Crippen molar-refractivity contribution in [1.29, 1.82) is 0 Å². The largest absolute Gasteiger partial charge is 0.508 e. The Labute approximate surface area is 226 Å². The topological polar surface area (TPSA) is 126 Å². The van der Waals surface area contributed by atoms with E-state index in [0.717, 1.165) is 30.6 Å². The Hall–Kier alpha value is -2.94. The zero-order valence-corrected chi connectivity index (χ0v) is 22.8.